The summed E-state index contributed by atoms with van der Waals surface area (Å²) >= 11 is 5.99. The van der Waals surface area contributed by atoms with Gasteiger partial charge in [0.1, 0.15) is 17.3 Å². The number of rotatable bonds is 10. The van der Waals surface area contributed by atoms with E-state index in [0.29, 0.717) is 33.6 Å². The minimum atomic E-state index is -0.911. The number of unbranched alkanes of at least 4 members (excludes halogenated alkanes) is 1. The van der Waals surface area contributed by atoms with Gasteiger partial charge >= 0.3 is 5.91 Å². The van der Waals surface area contributed by atoms with Crippen LogP contribution < -0.4 is 9.64 Å². The summed E-state index contributed by atoms with van der Waals surface area (Å²) in [6.45, 7) is 2.67. The second-order valence-corrected chi connectivity index (χ2v) is 12.3. The summed E-state index contributed by atoms with van der Waals surface area (Å²) in [7, 11) is 0. The van der Waals surface area contributed by atoms with Crippen LogP contribution in [0.15, 0.2) is 87.2 Å². The van der Waals surface area contributed by atoms with E-state index in [0.717, 1.165) is 22.9 Å². The van der Waals surface area contributed by atoms with E-state index in [1.165, 1.54) is 40.1 Å². The molecule has 4 aromatic rings. The maximum Gasteiger partial charge on any atom is 0.301 e. The lowest BCUT2D eigenvalue weighted by atomic mass is 9.95. The molecule has 0 saturated carbocycles. The number of amides is 1. The second-order valence-electron chi connectivity index (χ2n) is 9.21. The first kappa shape index (κ1) is 29.0. The number of carbonyl (C=O) groups excluding carboxylic acids is 2. The molecule has 1 amide bonds. The highest BCUT2D eigenvalue weighted by Crippen LogP contribution is 2.44. The van der Waals surface area contributed by atoms with Crippen LogP contribution in [0, 0.1) is 5.82 Å². The number of benzene rings is 3. The summed E-state index contributed by atoms with van der Waals surface area (Å²) in [4.78, 5) is 28.1. The van der Waals surface area contributed by atoms with E-state index in [2.05, 4.69) is 33.1 Å². The molecule has 5 rings (SSSR count). The van der Waals surface area contributed by atoms with E-state index in [1.807, 2.05) is 12.1 Å². The number of ether oxygens (including phenoxy) is 1. The van der Waals surface area contributed by atoms with Crippen LogP contribution in [-0.2, 0) is 15.3 Å². The molecule has 1 aliphatic rings. The quantitative estimate of drug-likeness (QED) is 0.0472. The molecule has 1 atom stereocenters. The molecule has 0 bridgehead atoms. The maximum absolute atomic E-state index is 13.4. The predicted octanol–water partition coefficient (Wildman–Crippen LogP) is 7.54. The van der Waals surface area contributed by atoms with Crippen molar-refractivity contribution in [3.05, 3.63) is 105 Å². The molecule has 1 saturated heterocycles. The van der Waals surface area contributed by atoms with E-state index >= 15 is 0 Å². The fraction of sp³-hybridized carbons (Fsp3) is 0.200. The number of carbonyl (C=O) groups is 2. The average molecular weight is 655 g/mol. The first-order valence-corrected chi connectivity index (χ1v) is 15.5. The van der Waals surface area contributed by atoms with Gasteiger partial charge in [-0.15, -0.1) is 10.2 Å². The van der Waals surface area contributed by atoms with Gasteiger partial charge in [-0.2, -0.15) is 0 Å². The van der Waals surface area contributed by atoms with Gasteiger partial charge in [-0.25, -0.2) is 4.39 Å². The number of hydrogen-bond acceptors (Lipinski definition) is 8. The Morgan fingerprint density at radius 3 is 2.44 bits per heavy atom. The zero-order valence-electron chi connectivity index (χ0n) is 21.9. The van der Waals surface area contributed by atoms with Crippen LogP contribution in [0.3, 0.4) is 0 Å². The molecule has 2 heterocycles. The zero-order valence-corrected chi connectivity index (χ0v) is 25.1. The lowest BCUT2D eigenvalue weighted by molar-refractivity contribution is -0.132. The van der Waals surface area contributed by atoms with Crippen molar-refractivity contribution in [2.45, 2.75) is 35.9 Å². The molecule has 1 aromatic heterocycles. The first-order valence-electron chi connectivity index (χ1n) is 12.9. The van der Waals surface area contributed by atoms with Crippen molar-refractivity contribution in [1.82, 2.24) is 10.2 Å². The second kappa shape index (κ2) is 13.0. The Kier molecular flexibility index (Phi) is 9.16. The van der Waals surface area contributed by atoms with Crippen LogP contribution >= 0.6 is 39.0 Å². The van der Waals surface area contributed by atoms with Gasteiger partial charge in [0.15, 0.2) is 4.34 Å². The average Bonchev–Trinajstić information content (AvgIpc) is 3.55. The predicted molar refractivity (Wildman–Crippen MR) is 162 cm³/mol. The molecule has 1 unspecified atom stereocenters. The normalized spacial score (nSPS) is 16.4. The van der Waals surface area contributed by atoms with Crippen LogP contribution in [0.1, 0.15) is 42.5 Å². The zero-order chi connectivity index (χ0) is 28.9. The Morgan fingerprint density at radius 2 is 1.76 bits per heavy atom. The number of aromatic nitrogens is 2. The third-order valence-corrected chi connectivity index (χ3v) is 9.06. The topological polar surface area (TPSA) is 92.6 Å². The molecule has 0 radical (unpaired) electrons. The van der Waals surface area contributed by atoms with E-state index in [9.17, 15) is 19.1 Å². The highest BCUT2D eigenvalue weighted by Gasteiger charge is 2.48. The minimum absolute atomic E-state index is 0.0345. The molecular formula is C30H25BrFN3O4S2. The first-order chi connectivity index (χ1) is 19.9. The standard InChI is InChI=1S/C30H25BrFN3O4S2/c1-2-3-16-39-23-14-8-20(9-15-23)26(36)24-25(19-6-10-21(31)11-7-19)35(28(38)27(24)37)29-33-34-30(41-29)40-17-18-4-12-22(32)13-5-18/h4-15,25,36H,2-3,16-17H2,1H3/b26-24+. The summed E-state index contributed by atoms with van der Waals surface area (Å²) in [5.74, 6) is -1.02. The van der Waals surface area contributed by atoms with E-state index in [1.54, 1.807) is 48.5 Å². The molecule has 1 aliphatic heterocycles. The van der Waals surface area contributed by atoms with Gasteiger partial charge in [-0.3, -0.25) is 14.5 Å². The molecule has 0 aliphatic carbocycles. The minimum Gasteiger partial charge on any atom is -0.507 e. The van der Waals surface area contributed by atoms with Crippen molar-refractivity contribution in [3.63, 3.8) is 0 Å². The molecule has 1 fully saturated rings. The van der Waals surface area contributed by atoms with Crippen LogP contribution in [0.4, 0.5) is 9.52 Å². The van der Waals surface area contributed by atoms with Crippen molar-refractivity contribution in [2.75, 3.05) is 11.5 Å². The highest BCUT2D eigenvalue weighted by atomic mass is 79.9. The molecular weight excluding hydrogens is 629 g/mol. The Hall–Kier alpha value is -3.54. The number of nitrogens with zero attached hydrogens (tertiary/aromatic N) is 3. The molecule has 210 valence electrons. The molecule has 7 nitrogen and oxygen atoms in total. The Bertz CT molecular complexity index is 1570. The lowest BCUT2D eigenvalue weighted by Crippen LogP contribution is -2.29. The van der Waals surface area contributed by atoms with Crippen LogP contribution in [0.2, 0.25) is 0 Å². The van der Waals surface area contributed by atoms with Crippen LogP contribution in [0.5, 0.6) is 5.75 Å². The number of hydrogen-bond donors (Lipinski definition) is 1. The van der Waals surface area contributed by atoms with E-state index in [4.69, 9.17) is 4.74 Å². The van der Waals surface area contributed by atoms with Gasteiger partial charge in [-0.1, -0.05) is 76.6 Å². The van der Waals surface area contributed by atoms with Crippen LogP contribution in [0.25, 0.3) is 5.76 Å². The van der Waals surface area contributed by atoms with Crippen molar-refractivity contribution >= 4 is 61.6 Å². The molecule has 1 N–H and O–H groups in total. The number of aliphatic hydroxyl groups is 1. The van der Waals surface area contributed by atoms with E-state index < -0.39 is 17.7 Å². The van der Waals surface area contributed by atoms with Gasteiger partial charge in [0, 0.05) is 15.8 Å². The molecule has 11 heteroatoms. The van der Waals surface area contributed by atoms with Crippen molar-refractivity contribution in [1.29, 1.82) is 0 Å². The molecule has 0 spiro atoms. The smallest absolute Gasteiger partial charge is 0.301 e. The van der Waals surface area contributed by atoms with Gasteiger partial charge in [0.2, 0.25) is 5.13 Å². The largest absolute Gasteiger partial charge is 0.507 e. The van der Waals surface area contributed by atoms with Gasteiger partial charge < -0.3 is 9.84 Å². The fourth-order valence-electron chi connectivity index (χ4n) is 4.27. The molecule has 41 heavy (non-hydrogen) atoms. The Morgan fingerprint density at radius 1 is 1.05 bits per heavy atom. The Labute approximate surface area is 253 Å². The summed E-state index contributed by atoms with van der Waals surface area (Å²) in [6, 6.07) is 19.2. The summed E-state index contributed by atoms with van der Waals surface area (Å²) in [5.41, 5.74) is 1.89. The summed E-state index contributed by atoms with van der Waals surface area (Å²) in [5, 5.41) is 20.0. The monoisotopic (exact) mass is 653 g/mol. The van der Waals surface area contributed by atoms with Gasteiger partial charge in [0.25, 0.3) is 5.78 Å². The van der Waals surface area contributed by atoms with Gasteiger partial charge in [0.05, 0.1) is 18.2 Å². The SMILES string of the molecule is CCCCOc1ccc(/C(O)=C2\C(=O)C(=O)N(c3nnc(SCc4ccc(F)cc4)s3)C2c2ccc(Br)cc2)cc1. The molecule has 3 aromatic carbocycles. The Balaban J connectivity index is 1.47. The number of anilines is 1. The number of Topliss-reactive ketones (excluding diaryl/α,β-unsaturated/α-hetero) is 1. The third kappa shape index (κ3) is 6.52. The highest BCUT2D eigenvalue weighted by molar-refractivity contribution is 9.10. The maximum atomic E-state index is 13.4. The van der Waals surface area contributed by atoms with Gasteiger partial charge in [-0.05, 0) is 66.1 Å². The van der Waals surface area contributed by atoms with Crippen molar-refractivity contribution in [3.8, 4) is 5.75 Å². The summed E-state index contributed by atoms with van der Waals surface area (Å²) in [6.07, 6.45) is 1.94. The van der Waals surface area contributed by atoms with Crippen molar-refractivity contribution in [2.24, 2.45) is 0 Å². The van der Waals surface area contributed by atoms with Crippen LogP contribution in [-0.4, -0.2) is 33.6 Å². The number of thioether (sulfide) groups is 1. The number of ketones is 1. The lowest BCUT2D eigenvalue weighted by Gasteiger charge is -2.22. The van der Waals surface area contributed by atoms with E-state index in [-0.39, 0.29) is 22.3 Å². The summed E-state index contributed by atoms with van der Waals surface area (Å²) < 4.78 is 20.4. The van der Waals surface area contributed by atoms with Crippen molar-refractivity contribution < 1.29 is 23.8 Å². The number of halogens is 2. The number of aliphatic hydroxyl groups excluding tert-OH is 1. The third-order valence-electron chi connectivity index (χ3n) is 6.40. The fourth-order valence-corrected chi connectivity index (χ4v) is 6.36.